The number of hydrogen-bond acceptors (Lipinski definition) is 5. The van der Waals surface area contributed by atoms with E-state index in [0.717, 1.165) is 66.2 Å². The summed E-state index contributed by atoms with van der Waals surface area (Å²) in [5, 5.41) is 0. The molecule has 5 rings (SSSR count). The third-order valence-electron chi connectivity index (χ3n) is 6.23. The fourth-order valence-electron chi connectivity index (χ4n) is 4.46. The van der Waals surface area contributed by atoms with Crippen LogP contribution in [-0.2, 0) is 16.0 Å². The second-order valence-corrected chi connectivity index (χ2v) is 8.61. The van der Waals surface area contributed by atoms with Crippen molar-refractivity contribution in [2.75, 3.05) is 33.0 Å². The molecule has 1 aliphatic heterocycles. The van der Waals surface area contributed by atoms with Gasteiger partial charge in [0.25, 0.3) is 0 Å². The molecule has 0 radical (unpaired) electrons. The van der Waals surface area contributed by atoms with E-state index in [-0.39, 0.29) is 11.8 Å². The number of benzene rings is 3. The molecule has 35 heavy (non-hydrogen) atoms. The molecule has 2 heterocycles. The van der Waals surface area contributed by atoms with E-state index in [4.69, 9.17) is 14.5 Å². The molecule has 1 fully saturated rings. The van der Waals surface area contributed by atoms with E-state index >= 15 is 0 Å². The molecule has 0 saturated carbocycles. The highest BCUT2D eigenvalue weighted by atomic mass is 19.1. The third-order valence-corrected chi connectivity index (χ3v) is 6.23. The zero-order chi connectivity index (χ0) is 24.2. The van der Waals surface area contributed by atoms with E-state index in [1.807, 2.05) is 24.3 Å². The smallest absolute Gasteiger partial charge is 0.338 e. The van der Waals surface area contributed by atoms with Crippen molar-refractivity contribution in [1.82, 2.24) is 14.5 Å². The lowest BCUT2D eigenvalue weighted by molar-refractivity contribution is -0.0144. The van der Waals surface area contributed by atoms with Crippen LogP contribution in [0.1, 0.15) is 23.7 Å². The monoisotopic (exact) mass is 473 g/mol. The molecule has 0 unspecified atom stereocenters. The van der Waals surface area contributed by atoms with E-state index in [1.165, 1.54) is 12.1 Å². The van der Waals surface area contributed by atoms with Gasteiger partial charge in [-0.3, -0.25) is 4.90 Å². The van der Waals surface area contributed by atoms with E-state index in [1.54, 1.807) is 31.2 Å². The maximum atomic E-state index is 13.4. The van der Waals surface area contributed by atoms with Gasteiger partial charge in [0.1, 0.15) is 11.6 Å². The Balaban J connectivity index is 1.55. The molecule has 180 valence electrons. The summed E-state index contributed by atoms with van der Waals surface area (Å²) >= 11 is 0. The predicted octanol–water partition coefficient (Wildman–Crippen LogP) is 5.37. The SMILES string of the molecule is CCOC(=O)c1ccc2c(c1)nc(-c1cccc(-c3ccc(F)cc3)c1)n2CCN1CCCOC1. The van der Waals surface area contributed by atoms with E-state index in [0.29, 0.717) is 18.9 Å². The minimum atomic E-state index is -0.353. The number of fused-ring (bicyclic) bond motifs is 1. The first-order valence-corrected chi connectivity index (χ1v) is 12.0. The molecule has 0 spiro atoms. The molecular weight excluding hydrogens is 445 g/mol. The van der Waals surface area contributed by atoms with Gasteiger partial charge in [0, 0.05) is 31.8 Å². The molecule has 0 aliphatic carbocycles. The van der Waals surface area contributed by atoms with Crippen molar-refractivity contribution in [2.45, 2.75) is 19.9 Å². The minimum Gasteiger partial charge on any atom is -0.462 e. The van der Waals surface area contributed by atoms with Crippen molar-refractivity contribution in [3.8, 4) is 22.5 Å². The van der Waals surface area contributed by atoms with Crippen molar-refractivity contribution in [3.63, 3.8) is 0 Å². The number of esters is 1. The Morgan fingerprint density at radius 3 is 2.63 bits per heavy atom. The first kappa shape index (κ1) is 23.2. The quantitative estimate of drug-likeness (QED) is 0.338. The Bertz CT molecular complexity index is 1330. The average Bonchev–Trinajstić information content (AvgIpc) is 3.26. The Morgan fingerprint density at radius 2 is 1.86 bits per heavy atom. The summed E-state index contributed by atoms with van der Waals surface area (Å²) in [4.78, 5) is 19.5. The predicted molar refractivity (Wildman–Crippen MR) is 134 cm³/mol. The molecule has 4 aromatic rings. The summed E-state index contributed by atoms with van der Waals surface area (Å²) in [5.74, 6) is 0.211. The molecule has 7 heteroatoms. The standard InChI is InChI=1S/C28H28FN3O3/c1-2-35-28(33)23-9-12-26-25(18-23)30-27(32(26)15-14-31-13-4-16-34-19-31)22-6-3-5-21(17-22)20-7-10-24(29)11-8-20/h3,5-12,17-18H,2,4,13-16,19H2,1H3. The normalized spacial score (nSPS) is 14.3. The lowest BCUT2D eigenvalue weighted by Gasteiger charge is -2.26. The number of nitrogens with zero attached hydrogens (tertiary/aromatic N) is 3. The Labute approximate surface area is 203 Å². The largest absolute Gasteiger partial charge is 0.462 e. The molecule has 0 amide bonds. The molecule has 6 nitrogen and oxygen atoms in total. The van der Waals surface area contributed by atoms with Gasteiger partial charge in [-0.1, -0.05) is 30.3 Å². The third kappa shape index (κ3) is 5.11. The van der Waals surface area contributed by atoms with Crippen LogP contribution in [0.25, 0.3) is 33.5 Å². The highest BCUT2D eigenvalue weighted by Crippen LogP contribution is 2.30. The van der Waals surface area contributed by atoms with Gasteiger partial charge in [-0.2, -0.15) is 0 Å². The van der Waals surface area contributed by atoms with Gasteiger partial charge >= 0.3 is 5.97 Å². The van der Waals surface area contributed by atoms with Crippen LogP contribution < -0.4 is 0 Å². The maximum Gasteiger partial charge on any atom is 0.338 e. The molecule has 1 saturated heterocycles. The second-order valence-electron chi connectivity index (χ2n) is 8.61. The summed E-state index contributed by atoms with van der Waals surface area (Å²) in [6.45, 7) is 6.13. The maximum absolute atomic E-state index is 13.4. The van der Waals surface area contributed by atoms with Gasteiger partial charge in [0.2, 0.25) is 0 Å². The Hall–Kier alpha value is -3.55. The number of aromatic nitrogens is 2. The van der Waals surface area contributed by atoms with Crippen LogP contribution in [0.15, 0.2) is 66.7 Å². The van der Waals surface area contributed by atoms with Crippen LogP contribution in [0.5, 0.6) is 0 Å². The number of carbonyl (C=O) groups is 1. The summed E-state index contributed by atoms with van der Waals surface area (Å²) < 4.78 is 26.4. The van der Waals surface area contributed by atoms with Crippen molar-refractivity contribution in [1.29, 1.82) is 0 Å². The van der Waals surface area contributed by atoms with Gasteiger partial charge in [-0.15, -0.1) is 0 Å². The molecule has 0 atom stereocenters. The van der Waals surface area contributed by atoms with Gasteiger partial charge in [0.15, 0.2) is 0 Å². The highest BCUT2D eigenvalue weighted by Gasteiger charge is 2.18. The van der Waals surface area contributed by atoms with E-state index in [9.17, 15) is 9.18 Å². The lowest BCUT2D eigenvalue weighted by atomic mass is 10.0. The van der Waals surface area contributed by atoms with Gasteiger partial charge in [-0.25, -0.2) is 14.2 Å². The fraction of sp³-hybridized carbons (Fsp3) is 0.286. The molecule has 1 aliphatic rings. The van der Waals surface area contributed by atoms with Crippen LogP contribution >= 0.6 is 0 Å². The summed E-state index contributed by atoms with van der Waals surface area (Å²) in [5.41, 5.74) is 5.06. The average molecular weight is 474 g/mol. The summed E-state index contributed by atoms with van der Waals surface area (Å²) in [6.07, 6.45) is 1.03. The second kappa shape index (κ2) is 10.4. The number of imidazole rings is 1. The summed E-state index contributed by atoms with van der Waals surface area (Å²) in [7, 11) is 0. The van der Waals surface area contributed by atoms with Crippen molar-refractivity contribution in [3.05, 3.63) is 78.1 Å². The minimum absolute atomic E-state index is 0.259. The topological polar surface area (TPSA) is 56.6 Å². The summed E-state index contributed by atoms with van der Waals surface area (Å²) in [6, 6.07) is 20.1. The van der Waals surface area contributed by atoms with Crippen LogP contribution in [0.3, 0.4) is 0 Å². The van der Waals surface area contributed by atoms with Crippen molar-refractivity contribution < 1.29 is 18.7 Å². The van der Waals surface area contributed by atoms with E-state index in [2.05, 4.69) is 15.5 Å². The number of carbonyl (C=O) groups excluding carboxylic acids is 1. The van der Waals surface area contributed by atoms with Crippen LogP contribution in [-0.4, -0.2) is 53.5 Å². The van der Waals surface area contributed by atoms with Gasteiger partial charge in [-0.05, 0) is 60.9 Å². The Kier molecular flexibility index (Phi) is 6.88. The fourth-order valence-corrected chi connectivity index (χ4v) is 4.46. The van der Waals surface area contributed by atoms with Crippen LogP contribution in [0, 0.1) is 5.82 Å². The number of hydrogen-bond donors (Lipinski definition) is 0. The van der Waals surface area contributed by atoms with Crippen molar-refractivity contribution in [2.24, 2.45) is 0 Å². The van der Waals surface area contributed by atoms with Crippen LogP contribution in [0.4, 0.5) is 4.39 Å². The number of rotatable bonds is 7. The van der Waals surface area contributed by atoms with Gasteiger partial charge < -0.3 is 14.0 Å². The number of halogens is 1. The number of ether oxygens (including phenoxy) is 2. The zero-order valence-corrected chi connectivity index (χ0v) is 19.7. The van der Waals surface area contributed by atoms with Crippen LogP contribution in [0.2, 0.25) is 0 Å². The lowest BCUT2D eigenvalue weighted by Crippen LogP contribution is -2.35. The molecule has 1 aromatic heterocycles. The zero-order valence-electron chi connectivity index (χ0n) is 19.7. The molecule has 3 aromatic carbocycles. The molecule has 0 bridgehead atoms. The van der Waals surface area contributed by atoms with E-state index < -0.39 is 0 Å². The first-order chi connectivity index (χ1) is 17.1. The van der Waals surface area contributed by atoms with Gasteiger partial charge in [0.05, 0.1) is 29.9 Å². The first-order valence-electron chi connectivity index (χ1n) is 12.0. The highest BCUT2D eigenvalue weighted by molar-refractivity contribution is 5.94. The Morgan fingerprint density at radius 1 is 1.03 bits per heavy atom. The molecule has 0 N–H and O–H groups in total. The molecular formula is C28H28FN3O3. The van der Waals surface area contributed by atoms with Crippen molar-refractivity contribution >= 4 is 17.0 Å².